The number of amides is 1. The second-order valence-corrected chi connectivity index (χ2v) is 8.42. The molecule has 1 saturated heterocycles. The van der Waals surface area contributed by atoms with Crippen molar-refractivity contribution in [3.05, 3.63) is 28.5 Å². The fraction of sp³-hybridized carbons (Fsp3) is 0.500. The van der Waals surface area contributed by atoms with Crippen LogP contribution in [0.15, 0.2) is 12.3 Å². The summed E-state index contributed by atoms with van der Waals surface area (Å²) in [5.41, 5.74) is 0.957. The molecule has 0 aliphatic carbocycles. The van der Waals surface area contributed by atoms with Crippen LogP contribution in [0.25, 0.3) is 0 Å². The van der Waals surface area contributed by atoms with Gasteiger partial charge in [-0.1, -0.05) is 11.6 Å². The molecule has 2 heterocycles. The molecule has 0 saturated carbocycles. The second-order valence-electron chi connectivity index (χ2n) is 4.66. The Labute approximate surface area is 127 Å². The number of nitrogens with zero attached hydrogens (tertiary/aromatic N) is 2. The van der Waals surface area contributed by atoms with E-state index in [9.17, 15) is 13.2 Å². The first-order chi connectivity index (χ1) is 9.30. The van der Waals surface area contributed by atoms with Gasteiger partial charge in [0.05, 0.1) is 10.6 Å². The Bertz CT molecular complexity index is 634. The zero-order valence-corrected chi connectivity index (χ0v) is 13.6. The summed E-state index contributed by atoms with van der Waals surface area (Å²) in [6.45, 7) is 2.17. The van der Waals surface area contributed by atoms with Gasteiger partial charge in [0, 0.05) is 36.2 Å². The van der Waals surface area contributed by atoms with Gasteiger partial charge in [0.2, 0.25) is 0 Å². The van der Waals surface area contributed by atoms with Crippen LogP contribution in [-0.2, 0) is 9.84 Å². The minimum absolute atomic E-state index is 0.248. The Balaban J connectivity index is 2.35. The SMILES string of the molecule is Cc1cc(Cl)c(C(=O)N2CCSCC2S(C)(=O)=O)cn1. The number of aromatic nitrogens is 1. The molecule has 1 amide bonds. The van der Waals surface area contributed by atoms with E-state index in [0.29, 0.717) is 28.8 Å². The lowest BCUT2D eigenvalue weighted by atomic mass is 10.2. The lowest BCUT2D eigenvalue weighted by Crippen LogP contribution is -2.50. The highest BCUT2D eigenvalue weighted by Gasteiger charge is 2.35. The summed E-state index contributed by atoms with van der Waals surface area (Å²) in [7, 11) is -3.33. The molecule has 20 heavy (non-hydrogen) atoms. The summed E-state index contributed by atoms with van der Waals surface area (Å²) in [4.78, 5) is 18.0. The van der Waals surface area contributed by atoms with Crippen molar-refractivity contribution in [2.45, 2.75) is 12.3 Å². The third kappa shape index (κ3) is 3.27. The van der Waals surface area contributed by atoms with Crippen LogP contribution in [0, 0.1) is 6.92 Å². The molecule has 8 heteroatoms. The monoisotopic (exact) mass is 334 g/mol. The standard InChI is InChI=1S/C12H15ClN2O3S2/c1-8-5-10(13)9(6-14-8)12(16)15-3-4-19-7-11(15)20(2,17)18/h5-6,11H,3-4,7H2,1-2H3. The summed E-state index contributed by atoms with van der Waals surface area (Å²) >= 11 is 7.59. The molecule has 0 N–H and O–H groups in total. The van der Waals surface area contributed by atoms with Crippen LogP contribution in [0.2, 0.25) is 5.02 Å². The molecule has 110 valence electrons. The Morgan fingerprint density at radius 1 is 1.55 bits per heavy atom. The van der Waals surface area contributed by atoms with Gasteiger partial charge in [-0.25, -0.2) is 8.42 Å². The highest BCUT2D eigenvalue weighted by atomic mass is 35.5. The predicted molar refractivity (Wildman–Crippen MR) is 81.0 cm³/mol. The number of sulfone groups is 1. The molecule has 2 rings (SSSR count). The van der Waals surface area contributed by atoms with Crippen LogP contribution in [0.5, 0.6) is 0 Å². The van der Waals surface area contributed by atoms with Gasteiger partial charge in [0.25, 0.3) is 5.91 Å². The maximum absolute atomic E-state index is 12.5. The number of thioether (sulfide) groups is 1. The Hall–Kier alpha value is -0.790. The summed E-state index contributed by atoms with van der Waals surface area (Å²) < 4.78 is 23.6. The van der Waals surface area contributed by atoms with E-state index < -0.39 is 15.2 Å². The van der Waals surface area contributed by atoms with E-state index in [-0.39, 0.29) is 11.5 Å². The highest BCUT2D eigenvalue weighted by molar-refractivity contribution is 8.00. The molecule has 1 fully saturated rings. The average Bonchev–Trinajstić information content (AvgIpc) is 2.37. The highest BCUT2D eigenvalue weighted by Crippen LogP contribution is 2.25. The molecular weight excluding hydrogens is 320 g/mol. The van der Waals surface area contributed by atoms with Gasteiger partial charge in [-0.05, 0) is 13.0 Å². The quantitative estimate of drug-likeness (QED) is 0.822. The van der Waals surface area contributed by atoms with Crippen molar-refractivity contribution in [1.29, 1.82) is 0 Å². The van der Waals surface area contributed by atoms with E-state index in [4.69, 9.17) is 11.6 Å². The average molecular weight is 335 g/mol. The van der Waals surface area contributed by atoms with E-state index in [0.717, 1.165) is 6.26 Å². The van der Waals surface area contributed by atoms with Crippen LogP contribution in [-0.4, -0.2) is 53.9 Å². The van der Waals surface area contributed by atoms with Crippen LogP contribution in [0.1, 0.15) is 16.1 Å². The van der Waals surface area contributed by atoms with Gasteiger partial charge in [0.15, 0.2) is 9.84 Å². The van der Waals surface area contributed by atoms with Gasteiger partial charge in [-0.15, -0.1) is 0 Å². The maximum Gasteiger partial charge on any atom is 0.258 e. The number of carbonyl (C=O) groups excluding carboxylic acids is 1. The smallest absolute Gasteiger partial charge is 0.258 e. The molecule has 1 aromatic rings. The number of hydrogen-bond donors (Lipinski definition) is 0. The van der Waals surface area contributed by atoms with Crippen molar-refractivity contribution in [1.82, 2.24) is 9.88 Å². The van der Waals surface area contributed by atoms with Crippen molar-refractivity contribution in [2.24, 2.45) is 0 Å². The van der Waals surface area contributed by atoms with E-state index in [1.54, 1.807) is 13.0 Å². The van der Waals surface area contributed by atoms with Crippen molar-refractivity contribution in [2.75, 3.05) is 24.3 Å². The lowest BCUT2D eigenvalue weighted by Gasteiger charge is -2.34. The van der Waals surface area contributed by atoms with Gasteiger partial charge >= 0.3 is 0 Å². The Morgan fingerprint density at radius 2 is 2.25 bits per heavy atom. The van der Waals surface area contributed by atoms with Crippen LogP contribution < -0.4 is 0 Å². The molecular formula is C12H15ClN2O3S2. The van der Waals surface area contributed by atoms with E-state index in [1.165, 1.54) is 22.9 Å². The topological polar surface area (TPSA) is 67.3 Å². The van der Waals surface area contributed by atoms with Gasteiger partial charge in [0.1, 0.15) is 5.37 Å². The van der Waals surface area contributed by atoms with E-state index in [2.05, 4.69) is 4.98 Å². The summed E-state index contributed by atoms with van der Waals surface area (Å²) in [5.74, 6) is 0.731. The number of aryl methyl sites for hydroxylation is 1. The Morgan fingerprint density at radius 3 is 2.85 bits per heavy atom. The largest absolute Gasteiger partial charge is 0.320 e. The van der Waals surface area contributed by atoms with Crippen molar-refractivity contribution in [3.8, 4) is 0 Å². The summed E-state index contributed by atoms with van der Waals surface area (Å²) in [6, 6.07) is 1.60. The third-order valence-electron chi connectivity index (χ3n) is 3.06. The molecule has 1 aliphatic heterocycles. The number of halogens is 1. The lowest BCUT2D eigenvalue weighted by molar-refractivity contribution is 0.0749. The maximum atomic E-state index is 12.5. The number of pyridine rings is 1. The van der Waals surface area contributed by atoms with Crippen molar-refractivity contribution in [3.63, 3.8) is 0 Å². The van der Waals surface area contributed by atoms with E-state index >= 15 is 0 Å². The molecule has 1 atom stereocenters. The molecule has 0 spiro atoms. The number of hydrogen-bond acceptors (Lipinski definition) is 5. The zero-order valence-electron chi connectivity index (χ0n) is 11.2. The first kappa shape index (κ1) is 15.6. The Kier molecular flexibility index (Phi) is 4.61. The molecule has 1 aliphatic rings. The summed E-state index contributed by atoms with van der Waals surface area (Å²) in [6.07, 6.45) is 2.56. The molecule has 0 bridgehead atoms. The summed E-state index contributed by atoms with van der Waals surface area (Å²) in [5, 5.41) is -0.501. The predicted octanol–water partition coefficient (Wildman–Crippen LogP) is 1.60. The minimum Gasteiger partial charge on any atom is -0.320 e. The normalized spacial score (nSPS) is 19.9. The molecule has 1 aromatic heterocycles. The fourth-order valence-corrected chi connectivity index (χ4v) is 5.11. The van der Waals surface area contributed by atoms with Crippen LogP contribution in [0.3, 0.4) is 0 Å². The minimum atomic E-state index is -3.33. The second kappa shape index (κ2) is 5.91. The van der Waals surface area contributed by atoms with Crippen molar-refractivity contribution < 1.29 is 13.2 Å². The number of rotatable bonds is 2. The van der Waals surface area contributed by atoms with Gasteiger partial charge < -0.3 is 4.90 Å². The molecule has 0 aromatic carbocycles. The molecule has 5 nitrogen and oxygen atoms in total. The number of carbonyl (C=O) groups is 1. The van der Waals surface area contributed by atoms with Crippen LogP contribution >= 0.6 is 23.4 Å². The molecule has 0 radical (unpaired) electrons. The first-order valence-electron chi connectivity index (χ1n) is 6.00. The van der Waals surface area contributed by atoms with Gasteiger partial charge in [-0.3, -0.25) is 9.78 Å². The zero-order chi connectivity index (χ0) is 14.9. The third-order valence-corrected chi connectivity index (χ3v) is 6.02. The fourth-order valence-electron chi connectivity index (χ4n) is 2.01. The molecule has 1 unspecified atom stereocenters. The first-order valence-corrected chi connectivity index (χ1v) is 9.49. The van der Waals surface area contributed by atoms with Crippen LogP contribution in [0.4, 0.5) is 0 Å². The van der Waals surface area contributed by atoms with Crippen molar-refractivity contribution >= 4 is 39.1 Å². The van der Waals surface area contributed by atoms with Gasteiger partial charge in [-0.2, -0.15) is 11.8 Å². The van der Waals surface area contributed by atoms with E-state index in [1.807, 2.05) is 0 Å².